The Morgan fingerprint density at radius 2 is 2.25 bits per heavy atom. The molecule has 16 heavy (non-hydrogen) atoms. The molecule has 86 valence electrons. The van der Waals surface area contributed by atoms with Gasteiger partial charge in [-0.05, 0) is 12.5 Å². The maximum absolute atomic E-state index is 10.9. The molecule has 1 aromatic rings. The number of carbonyl (C=O) groups excluding carboxylic acids is 1. The van der Waals surface area contributed by atoms with Crippen LogP contribution in [0.1, 0.15) is 25.8 Å². The number of hydrogen-bond acceptors (Lipinski definition) is 3. The molecule has 0 radical (unpaired) electrons. The van der Waals surface area contributed by atoms with Gasteiger partial charge in [-0.1, -0.05) is 25.1 Å². The van der Waals surface area contributed by atoms with Crippen LogP contribution in [0.25, 0.3) is 0 Å². The number of fused-ring (bicyclic) bond motifs is 1. The van der Waals surface area contributed by atoms with E-state index in [-0.39, 0.29) is 11.4 Å². The first-order valence-electron chi connectivity index (χ1n) is 5.47. The maximum atomic E-state index is 10.9. The van der Waals surface area contributed by atoms with E-state index in [0.29, 0.717) is 13.2 Å². The Kier molecular flexibility index (Phi) is 2.86. The summed E-state index contributed by atoms with van der Waals surface area (Å²) in [5, 5.41) is 0. The van der Waals surface area contributed by atoms with Crippen molar-refractivity contribution in [2.45, 2.75) is 25.7 Å². The first-order chi connectivity index (χ1) is 7.62. The van der Waals surface area contributed by atoms with E-state index in [4.69, 9.17) is 9.47 Å². The number of carbonyl (C=O) groups is 1. The molecule has 0 N–H and O–H groups in total. The van der Waals surface area contributed by atoms with Crippen molar-refractivity contribution in [3.8, 4) is 5.75 Å². The maximum Gasteiger partial charge on any atom is 0.302 e. The van der Waals surface area contributed by atoms with E-state index in [1.165, 1.54) is 6.92 Å². The lowest BCUT2D eigenvalue weighted by Gasteiger charge is -2.35. The van der Waals surface area contributed by atoms with Gasteiger partial charge in [0.15, 0.2) is 0 Å². The number of benzene rings is 1. The van der Waals surface area contributed by atoms with Crippen LogP contribution in [0.5, 0.6) is 5.75 Å². The summed E-state index contributed by atoms with van der Waals surface area (Å²) in [7, 11) is 0. The van der Waals surface area contributed by atoms with Crippen molar-refractivity contribution in [2.75, 3.05) is 13.2 Å². The van der Waals surface area contributed by atoms with Crippen LogP contribution in [0.4, 0.5) is 0 Å². The van der Waals surface area contributed by atoms with Crippen molar-refractivity contribution in [1.82, 2.24) is 0 Å². The molecule has 0 amide bonds. The zero-order valence-electron chi connectivity index (χ0n) is 9.66. The second kappa shape index (κ2) is 4.16. The lowest BCUT2D eigenvalue weighted by Crippen LogP contribution is -2.35. The predicted octanol–water partition coefficient (Wildman–Crippen LogP) is 2.29. The molecule has 0 saturated carbocycles. The number of rotatable bonds is 2. The molecule has 3 nitrogen and oxygen atoms in total. The quantitative estimate of drug-likeness (QED) is 0.717. The Bertz CT molecular complexity index is 400. The van der Waals surface area contributed by atoms with Gasteiger partial charge in [-0.15, -0.1) is 0 Å². The fourth-order valence-electron chi connectivity index (χ4n) is 2.02. The molecule has 0 saturated heterocycles. The lowest BCUT2D eigenvalue weighted by atomic mass is 9.78. The number of ether oxygens (including phenoxy) is 2. The highest BCUT2D eigenvalue weighted by Gasteiger charge is 2.34. The first-order valence-corrected chi connectivity index (χ1v) is 5.47. The molecule has 1 aromatic carbocycles. The highest BCUT2D eigenvalue weighted by atomic mass is 16.5. The number of para-hydroxylation sites is 1. The molecule has 1 heterocycles. The molecule has 0 bridgehead atoms. The summed E-state index contributed by atoms with van der Waals surface area (Å²) in [6, 6.07) is 7.94. The Morgan fingerprint density at radius 1 is 1.50 bits per heavy atom. The predicted molar refractivity (Wildman–Crippen MR) is 60.5 cm³/mol. The average Bonchev–Trinajstić information content (AvgIpc) is 2.27. The zero-order chi connectivity index (χ0) is 11.6. The van der Waals surface area contributed by atoms with E-state index in [1.54, 1.807) is 0 Å². The van der Waals surface area contributed by atoms with E-state index in [1.807, 2.05) is 24.3 Å². The fourth-order valence-corrected chi connectivity index (χ4v) is 2.02. The van der Waals surface area contributed by atoms with Crippen LogP contribution < -0.4 is 4.74 Å². The molecule has 1 aliphatic rings. The van der Waals surface area contributed by atoms with Gasteiger partial charge in [0.05, 0.1) is 6.61 Å². The standard InChI is InChI=1S/C13H16O3/c1-10(14)16-9-13(2)7-8-15-12-6-4-3-5-11(12)13/h3-6H,7-9H2,1-2H3. The fraction of sp³-hybridized carbons (Fsp3) is 0.462. The Labute approximate surface area is 95.4 Å². The van der Waals surface area contributed by atoms with Gasteiger partial charge in [-0.25, -0.2) is 0 Å². The molecule has 1 aliphatic heterocycles. The molecule has 0 spiro atoms. The SMILES string of the molecule is CC(=O)OCC1(C)CCOc2ccccc21. The monoisotopic (exact) mass is 220 g/mol. The van der Waals surface area contributed by atoms with Gasteiger partial charge < -0.3 is 9.47 Å². The molecule has 0 aliphatic carbocycles. The van der Waals surface area contributed by atoms with E-state index >= 15 is 0 Å². The lowest BCUT2D eigenvalue weighted by molar-refractivity contribution is -0.143. The Hall–Kier alpha value is -1.51. The van der Waals surface area contributed by atoms with Gasteiger partial charge in [-0.2, -0.15) is 0 Å². The van der Waals surface area contributed by atoms with Crippen LogP contribution in [0.2, 0.25) is 0 Å². The summed E-state index contributed by atoms with van der Waals surface area (Å²) < 4.78 is 10.7. The minimum absolute atomic E-state index is 0.124. The summed E-state index contributed by atoms with van der Waals surface area (Å²) in [6.45, 7) is 4.64. The van der Waals surface area contributed by atoms with E-state index in [2.05, 4.69) is 6.92 Å². The van der Waals surface area contributed by atoms with E-state index < -0.39 is 0 Å². The average molecular weight is 220 g/mol. The third kappa shape index (κ3) is 2.03. The minimum Gasteiger partial charge on any atom is -0.493 e. The van der Waals surface area contributed by atoms with Gasteiger partial charge >= 0.3 is 5.97 Å². The summed E-state index contributed by atoms with van der Waals surface area (Å²) in [5.41, 5.74) is 1.00. The summed E-state index contributed by atoms with van der Waals surface area (Å²) >= 11 is 0. The van der Waals surface area contributed by atoms with Crippen LogP contribution in [-0.2, 0) is 14.9 Å². The minimum atomic E-state index is -0.231. The van der Waals surface area contributed by atoms with Crippen molar-refractivity contribution < 1.29 is 14.3 Å². The van der Waals surface area contributed by atoms with Crippen molar-refractivity contribution in [1.29, 1.82) is 0 Å². The topological polar surface area (TPSA) is 35.5 Å². The van der Waals surface area contributed by atoms with E-state index in [9.17, 15) is 4.79 Å². The summed E-state index contributed by atoms with van der Waals surface area (Å²) in [4.78, 5) is 10.9. The molecule has 0 aromatic heterocycles. The van der Waals surface area contributed by atoms with Gasteiger partial charge in [0.1, 0.15) is 12.4 Å². The highest BCUT2D eigenvalue weighted by Crippen LogP contribution is 2.38. The number of esters is 1. The molecular weight excluding hydrogens is 204 g/mol. The van der Waals surface area contributed by atoms with Crippen molar-refractivity contribution >= 4 is 5.97 Å². The molecular formula is C13H16O3. The summed E-state index contributed by atoms with van der Waals surface area (Å²) in [5.74, 6) is 0.675. The second-order valence-electron chi connectivity index (χ2n) is 4.44. The van der Waals surface area contributed by atoms with Crippen LogP contribution in [0.3, 0.4) is 0 Å². The highest BCUT2D eigenvalue weighted by molar-refractivity contribution is 5.66. The molecule has 1 unspecified atom stereocenters. The van der Waals surface area contributed by atoms with Crippen molar-refractivity contribution in [3.63, 3.8) is 0 Å². The van der Waals surface area contributed by atoms with Crippen LogP contribution in [0, 0.1) is 0 Å². The van der Waals surface area contributed by atoms with Gasteiger partial charge in [-0.3, -0.25) is 4.79 Å². The third-order valence-corrected chi connectivity index (χ3v) is 3.04. The molecule has 3 heteroatoms. The van der Waals surface area contributed by atoms with Crippen LogP contribution in [-0.4, -0.2) is 19.2 Å². The molecule has 2 rings (SSSR count). The van der Waals surface area contributed by atoms with Gasteiger partial charge in [0, 0.05) is 17.9 Å². The normalized spacial score (nSPS) is 23.1. The van der Waals surface area contributed by atoms with E-state index in [0.717, 1.165) is 17.7 Å². The van der Waals surface area contributed by atoms with Gasteiger partial charge in [0.25, 0.3) is 0 Å². The van der Waals surface area contributed by atoms with Crippen molar-refractivity contribution in [2.24, 2.45) is 0 Å². The summed E-state index contributed by atoms with van der Waals surface area (Å²) in [6.07, 6.45) is 0.872. The molecule has 0 fully saturated rings. The zero-order valence-corrected chi connectivity index (χ0v) is 9.66. The number of hydrogen-bond donors (Lipinski definition) is 0. The molecule has 1 atom stereocenters. The smallest absolute Gasteiger partial charge is 0.302 e. The van der Waals surface area contributed by atoms with Crippen LogP contribution >= 0.6 is 0 Å². The van der Waals surface area contributed by atoms with Crippen LogP contribution in [0.15, 0.2) is 24.3 Å². The van der Waals surface area contributed by atoms with Gasteiger partial charge in [0.2, 0.25) is 0 Å². The largest absolute Gasteiger partial charge is 0.493 e. The Balaban J connectivity index is 2.25. The Morgan fingerprint density at radius 3 is 3.00 bits per heavy atom. The van der Waals surface area contributed by atoms with Crippen molar-refractivity contribution in [3.05, 3.63) is 29.8 Å². The third-order valence-electron chi connectivity index (χ3n) is 3.04. The second-order valence-corrected chi connectivity index (χ2v) is 4.44. The first kappa shape index (κ1) is 11.0.